The van der Waals surface area contributed by atoms with E-state index in [4.69, 9.17) is 9.84 Å². The highest BCUT2D eigenvalue weighted by Crippen LogP contribution is 2.22. The lowest BCUT2D eigenvalue weighted by Gasteiger charge is -2.03. The highest BCUT2D eigenvalue weighted by molar-refractivity contribution is 6.08. The molecule has 0 aromatic heterocycles. The predicted octanol–water partition coefficient (Wildman–Crippen LogP) is 2.67. The highest BCUT2D eigenvalue weighted by atomic mass is 16.5. The largest absolute Gasteiger partial charge is 0.497 e. The Kier molecular flexibility index (Phi) is 3.61. The van der Waals surface area contributed by atoms with Gasteiger partial charge in [0.05, 0.1) is 7.11 Å². The maximum Gasteiger partial charge on any atom is 0.328 e. The van der Waals surface area contributed by atoms with E-state index >= 15 is 0 Å². The monoisotopic (exact) mass is 256 g/mol. The van der Waals surface area contributed by atoms with Gasteiger partial charge in [0.1, 0.15) is 5.75 Å². The molecule has 0 aliphatic heterocycles. The molecule has 0 saturated heterocycles. The van der Waals surface area contributed by atoms with Crippen molar-refractivity contribution in [1.82, 2.24) is 0 Å². The number of carboxylic acids is 1. The highest BCUT2D eigenvalue weighted by Gasteiger charge is 2.04. The van der Waals surface area contributed by atoms with Crippen LogP contribution >= 0.6 is 0 Å². The van der Waals surface area contributed by atoms with Crippen molar-refractivity contribution >= 4 is 22.5 Å². The van der Waals surface area contributed by atoms with Crippen LogP contribution in [0.25, 0.3) is 10.8 Å². The summed E-state index contributed by atoms with van der Waals surface area (Å²) in [5.74, 6) is -0.726. The molecule has 1 N–H and O–H groups in total. The van der Waals surface area contributed by atoms with Crippen LogP contribution in [0.15, 0.2) is 48.6 Å². The smallest absolute Gasteiger partial charge is 0.328 e. The normalized spacial score (nSPS) is 10.8. The van der Waals surface area contributed by atoms with E-state index in [1.807, 2.05) is 18.2 Å². The first-order valence-electron chi connectivity index (χ1n) is 5.63. The second-order valence-electron chi connectivity index (χ2n) is 3.96. The molecule has 0 atom stereocenters. The number of carbonyl (C=O) groups is 2. The van der Waals surface area contributed by atoms with Crippen LogP contribution in [0.5, 0.6) is 5.75 Å². The van der Waals surface area contributed by atoms with Gasteiger partial charge in [-0.2, -0.15) is 0 Å². The zero-order valence-electron chi connectivity index (χ0n) is 10.3. The van der Waals surface area contributed by atoms with Crippen molar-refractivity contribution in [2.75, 3.05) is 7.11 Å². The van der Waals surface area contributed by atoms with Crippen molar-refractivity contribution in [1.29, 1.82) is 0 Å². The summed E-state index contributed by atoms with van der Waals surface area (Å²) in [6.07, 6.45) is 1.88. The first-order chi connectivity index (χ1) is 9.10. The quantitative estimate of drug-likeness (QED) is 0.674. The molecule has 0 bridgehead atoms. The van der Waals surface area contributed by atoms with Gasteiger partial charge in [-0.25, -0.2) is 4.79 Å². The van der Waals surface area contributed by atoms with E-state index in [-0.39, 0.29) is 5.78 Å². The first-order valence-corrected chi connectivity index (χ1v) is 5.63. The van der Waals surface area contributed by atoms with Crippen molar-refractivity contribution < 1.29 is 19.4 Å². The molecule has 0 heterocycles. The Balaban J connectivity index is 2.36. The van der Waals surface area contributed by atoms with E-state index in [0.29, 0.717) is 5.56 Å². The number of methoxy groups -OCH3 is 1. The molecule has 0 aliphatic carbocycles. The van der Waals surface area contributed by atoms with Gasteiger partial charge in [0, 0.05) is 11.6 Å². The number of fused-ring (bicyclic) bond motifs is 1. The Morgan fingerprint density at radius 2 is 1.74 bits per heavy atom. The van der Waals surface area contributed by atoms with Crippen LogP contribution in [-0.4, -0.2) is 24.0 Å². The van der Waals surface area contributed by atoms with Crippen molar-refractivity contribution in [2.45, 2.75) is 0 Å². The lowest BCUT2D eigenvalue weighted by atomic mass is 10.0. The zero-order valence-corrected chi connectivity index (χ0v) is 10.3. The SMILES string of the molecule is COc1ccc2cc(C(=O)C=CC(=O)O)ccc2c1. The van der Waals surface area contributed by atoms with Gasteiger partial charge in [0.2, 0.25) is 0 Å². The minimum absolute atomic E-state index is 0.333. The number of allylic oxidation sites excluding steroid dienone is 1. The molecule has 4 nitrogen and oxygen atoms in total. The van der Waals surface area contributed by atoms with Crippen molar-refractivity contribution in [3.63, 3.8) is 0 Å². The Morgan fingerprint density at radius 1 is 1.05 bits per heavy atom. The van der Waals surface area contributed by atoms with E-state index in [1.54, 1.807) is 25.3 Å². The molecule has 19 heavy (non-hydrogen) atoms. The third-order valence-electron chi connectivity index (χ3n) is 2.71. The molecule has 2 aromatic carbocycles. The van der Waals surface area contributed by atoms with Crippen LogP contribution in [0, 0.1) is 0 Å². The molecule has 2 aromatic rings. The average molecular weight is 256 g/mol. The number of ether oxygens (including phenoxy) is 1. The maximum absolute atomic E-state index is 11.7. The van der Waals surface area contributed by atoms with Crippen LogP contribution in [0.3, 0.4) is 0 Å². The third kappa shape index (κ3) is 2.98. The number of carbonyl (C=O) groups excluding carboxylic acids is 1. The zero-order chi connectivity index (χ0) is 13.8. The fraction of sp³-hybridized carbons (Fsp3) is 0.0667. The summed E-state index contributed by atoms with van der Waals surface area (Å²) >= 11 is 0. The molecule has 0 amide bonds. The molecule has 0 saturated carbocycles. The van der Waals surface area contributed by atoms with Gasteiger partial charge in [-0.05, 0) is 35.0 Å². The summed E-state index contributed by atoms with van der Waals surface area (Å²) in [5.41, 5.74) is 0.454. The number of hydrogen-bond acceptors (Lipinski definition) is 3. The lowest BCUT2D eigenvalue weighted by molar-refractivity contribution is -0.131. The average Bonchev–Trinajstić information content (AvgIpc) is 2.43. The molecule has 0 spiro atoms. The van der Waals surface area contributed by atoms with Crippen molar-refractivity contribution in [3.05, 3.63) is 54.1 Å². The van der Waals surface area contributed by atoms with Gasteiger partial charge in [-0.3, -0.25) is 4.79 Å². The lowest BCUT2D eigenvalue weighted by Crippen LogP contribution is -1.96. The molecule has 0 aliphatic rings. The predicted molar refractivity (Wildman–Crippen MR) is 71.6 cm³/mol. The molecule has 96 valence electrons. The van der Waals surface area contributed by atoms with E-state index in [0.717, 1.165) is 28.7 Å². The number of aliphatic carboxylic acids is 1. The minimum Gasteiger partial charge on any atom is -0.497 e. The Labute approximate surface area is 109 Å². The molecule has 0 unspecified atom stereocenters. The summed E-state index contributed by atoms with van der Waals surface area (Å²) in [6, 6.07) is 10.7. The number of rotatable bonds is 4. The van der Waals surface area contributed by atoms with Crippen LogP contribution in [0.4, 0.5) is 0 Å². The Hall–Kier alpha value is -2.62. The molecule has 2 rings (SSSR count). The number of benzene rings is 2. The summed E-state index contributed by atoms with van der Waals surface area (Å²) in [7, 11) is 1.59. The van der Waals surface area contributed by atoms with Crippen LogP contribution in [0.1, 0.15) is 10.4 Å². The summed E-state index contributed by atoms with van der Waals surface area (Å²) < 4.78 is 5.12. The van der Waals surface area contributed by atoms with E-state index in [1.165, 1.54) is 0 Å². The van der Waals surface area contributed by atoms with Crippen LogP contribution in [-0.2, 0) is 4.79 Å². The second-order valence-corrected chi connectivity index (χ2v) is 3.96. The fourth-order valence-electron chi connectivity index (χ4n) is 1.75. The summed E-state index contributed by atoms with van der Waals surface area (Å²) in [4.78, 5) is 22.1. The first kappa shape index (κ1) is 12.8. The standard InChI is InChI=1S/C15H12O4/c1-19-13-5-4-10-8-12(3-2-11(10)9-13)14(16)6-7-15(17)18/h2-9H,1H3,(H,17,18). The van der Waals surface area contributed by atoms with Gasteiger partial charge in [0.15, 0.2) is 5.78 Å². The van der Waals surface area contributed by atoms with Gasteiger partial charge < -0.3 is 9.84 Å². The number of carboxylic acid groups (broad SMARTS) is 1. The topological polar surface area (TPSA) is 63.6 Å². The fourth-order valence-corrected chi connectivity index (χ4v) is 1.75. The van der Waals surface area contributed by atoms with Gasteiger partial charge in [0.25, 0.3) is 0 Å². The Morgan fingerprint density at radius 3 is 2.42 bits per heavy atom. The van der Waals surface area contributed by atoms with E-state index < -0.39 is 5.97 Å². The minimum atomic E-state index is -1.14. The third-order valence-corrected chi connectivity index (χ3v) is 2.71. The maximum atomic E-state index is 11.7. The van der Waals surface area contributed by atoms with Gasteiger partial charge >= 0.3 is 5.97 Å². The number of hydrogen-bond donors (Lipinski definition) is 1. The molecule has 4 heteroatoms. The van der Waals surface area contributed by atoms with Crippen molar-refractivity contribution in [3.8, 4) is 5.75 Å². The van der Waals surface area contributed by atoms with E-state index in [2.05, 4.69) is 0 Å². The van der Waals surface area contributed by atoms with Crippen LogP contribution in [0.2, 0.25) is 0 Å². The van der Waals surface area contributed by atoms with Crippen molar-refractivity contribution in [2.24, 2.45) is 0 Å². The summed E-state index contributed by atoms with van der Waals surface area (Å²) in [5, 5.41) is 10.3. The Bertz CT molecular complexity index is 671. The number of ketones is 1. The second kappa shape index (κ2) is 5.35. The molecular formula is C15H12O4. The summed E-state index contributed by atoms with van der Waals surface area (Å²) in [6.45, 7) is 0. The van der Waals surface area contributed by atoms with Gasteiger partial charge in [-0.1, -0.05) is 18.2 Å². The molecule has 0 fully saturated rings. The van der Waals surface area contributed by atoms with E-state index in [9.17, 15) is 9.59 Å². The molecular weight excluding hydrogens is 244 g/mol. The van der Waals surface area contributed by atoms with Crippen LogP contribution < -0.4 is 4.74 Å². The van der Waals surface area contributed by atoms with Gasteiger partial charge in [-0.15, -0.1) is 0 Å². The molecule has 0 radical (unpaired) electrons.